The molecule has 0 spiro atoms. The Morgan fingerprint density at radius 3 is 2.77 bits per heavy atom. The van der Waals surface area contributed by atoms with Crippen molar-refractivity contribution in [3.63, 3.8) is 0 Å². The fourth-order valence-electron chi connectivity index (χ4n) is 0.575. The average molecular weight is 200 g/mol. The standard InChI is InChI=1S/C8H12N2O2S/c1-3-5-8(4-2)13-9-6-7-10(11)12/h3-4,6-9H,1-2,5H2/b7-6+. The van der Waals surface area contributed by atoms with Crippen LogP contribution in [0.5, 0.6) is 0 Å². The highest BCUT2D eigenvalue weighted by Crippen LogP contribution is 2.11. The Hall–Kier alpha value is -1.23. The third-order valence-corrected chi connectivity index (χ3v) is 2.11. The second kappa shape index (κ2) is 7.42. The molecule has 0 rings (SSSR count). The third kappa shape index (κ3) is 7.14. The number of nitrogens with zero attached hydrogens (tertiary/aromatic N) is 1. The van der Waals surface area contributed by atoms with Gasteiger partial charge in [-0.1, -0.05) is 12.2 Å². The van der Waals surface area contributed by atoms with Crippen LogP contribution in [0.4, 0.5) is 0 Å². The lowest BCUT2D eigenvalue weighted by Crippen LogP contribution is -2.04. The number of nitrogens with one attached hydrogen (secondary N) is 1. The Morgan fingerprint density at radius 2 is 2.31 bits per heavy atom. The zero-order chi connectivity index (χ0) is 10.1. The molecule has 4 nitrogen and oxygen atoms in total. The molecular weight excluding hydrogens is 188 g/mol. The molecule has 0 saturated heterocycles. The first-order valence-electron chi connectivity index (χ1n) is 3.65. The normalized spacial score (nSPS) is 12.3. The third-order valence-electron chi connectivity index (χ3n) is 1.15. The molecule has 0 amide bonds. The Kier molecular flexibility index (Phi) is 6.72. The predicted octanol–water partition coefficient (Wildman–Crippen LogP) is 2.10. The van der Waals surface area contributed by atoms with Gasteiger partial charge in [-0.25, -0.2) is 0 Å². The lowest BCUT2D eigenvalue weighted by Gasteiger charge is -2.06. The molecule has 13 heavy (non-hydrogen) atoms. The van der Waals surface area contributed by atoms with Crippen molar-refractivity contribution in [1.82, 2.24) is 4.72 Å². The van der Waals surface area contributed by atoms with Crippen molar-refractivity contribution in [1.29, 1.82) is 0 Å². The van der Waals surface area contributed by atoms with Gasteiger partial charge in [0.05, 0.1) is 11.1 Å². The van der Waals surface area contributed by atoms with Gasteiger partial charge in [-0.15, -0.1) is 13.2 Å². The van der Waals surface area contributed by atoms with Crippen LogP contribution in [-0.4, -0.2) is 10.2 Å². The summed E-state index contributed by atoms with van der Waals surface area (Å²) in [5, 5.41) is 10.1. The molecule has 0 saturated carbocycles. The zero-order valence-corrected chi connectivity index (χ0v) is 8.00. The van der Waals surface area contributed by atoms with E-state index in [2.05, 4.69) is 17.9 Å². The largest absolute Gasteiger partial charge is 0.330 e. The van der Waals surface area contributed by atoms with Gasteiger partial charge in [-0.05, 0) is 18.4 Å². The molecular formula is C8H12N2O2S. The minimum Gasteiger partial charge on any atom is -0.330 e. The van der Waals surface area contributed by atoms with Crippen LogP contribution >= 0.6 is 11.9 Å². The highest BCUT2D eigenvalue weighted by atomic mass is 32.2. The molecule has 0 aliphatic heterocycles. The smallest absolute Gasteiger partial charge is 0.250 e. The van der Waals surface area contributed by atoms with Crippen LogP contribution in [-0.2, 0) is 0 Å². The van der Waals surface area contributed by atoms with Crippen LogP contribution in [0, 0.1) is 10.1 Å². The lowest BCUT2D eigenvalue weighted by molar-refractivity contribution is -0.402. The summed E-state index contributed by atoms with van der Waals surface area (Å²) in [6, 6.07) is 0. The maximum atomic E-state index is 9.87. The van der Waals surface area contributed by atoms with Crippen LogP contribution < -0.4 is 4.72 Å². The Morgan fingerprint density at radius 1 is 1.62 bits per heavy atom. The van der Waals surface area contributed by atoms with Crippen LogP contribution in [0.15, 0.2) is 37.7 Å². The summed E-state index contributed by atoms with van der Waals surface area (Å²) in [6.45, 7) is 7.22. The first-order valence-corrected chi connectivity index (χ1v) is 4.53. The van der Waals surface area contributed by atoms with E-state index in [1.54, 1.807) is 12.2 Å². The van der Waals surface area contributed by atoms with Crippen LogP contribution in [0.25, 0.3) is 0 Å². The lowest BCUT2D eigenvalue weighted by atomic mass is 10.3. The SMILES string of the molecule is C=CCC(C=C)SN/C=C/[N+](=O)[O-]. The first kappa shape index (κ1) is 11.8. The quantitative estimate of drug-likeness (QED) is 0.296. The van der Waals surface area contributed by atoms with Gasteiger partial charge >= 0.3 is 0 Å². The zero-order valence-electron chi connectivity index (χ0n) is 7.18. The molecule has 1 atom stereocenters. The fraction of sp³-hybridized carbons (Fsp3) is 0.250. The summed E-state index contributed by atoms with van der Waals surface area (Å²) < 4.78 is 2.73. The summed E-state index contributed by atoms with van der Waals surface area (Å²) in [4.78, 5) is 9.35. The highest BCUT2D eigenvalue weighted by molar-refractivity contribution is 7.98. The van der Waals surface area contributed by atoms with Gasteiger partial charge in [0.1, 0.15) is 0 Å². The topological polar surface area (TPSA) is 55.2 Å². The molecule has 0 aromatic rings. The Balaban J connectivity index is 3.65. The van der Waals surface area contributed by atoms with Crippen LogP contribution in [0.2, 0.25) is 0 Å². The summed E-state index contributed by atoms with van der Waals surface area (Å²) >= 11 is 1.36. The Labute approximate surface area is 81.7 Å². The summed E-state index contributed by atoms with van der Waals surface area (Å²) in [5.74, 6) is 0. The van der Waals surface area contributed by atoms with Gasteiger partial charge in [0.25, 0.3) is 6.20 Å². The van der Waals surface area contributed by atoms with Gasteiger partial charge in [0, 0.05) is 5.25 Å². The molecule has 0 aromatic heterocycles. The molecule has 0 aromatic carbocycles. The maximum Gasteiger partial charge on any atom is 0.250 e. The monoisotopic (exact) mass is 200 g/mol. The number of rotatable bonds is 7. The second-order valence-corrected chi connectivity index (χ2v) is 3.21. The number of hydrogen-bond acceptors (Lipinski definition) is 4. The number of allylic oxidation sites excluding steroid dienone is 1. The van der Waals surface area contributed by atoms with Gasteiger partial charge < -0.3 is 4.72 Å². The van der Waals surface area contributed by atoms with Gasteiger partial charge in [0.2, 0.25) is 0 Å². The summed E-state index contributed by atoms with van der Waals surface area (Å²) in [5.41, 5.74) is 0. The molecule has 0 fully saturated rings. The van der Waals surface area contributed by atoms with Crippen molar-refractivity contribution in [3.05, 3.63) is 47.8 Å². The van der Waals surface area contributed by atoms with E-state index in [4.69, 9.17) is 0 Å². The van der Waals surface area contributed by atoms with Crippen molar-refractivity contribution in [2.75, 3.05) is 0 Å². The van der Waals surface area contributed by atoms with Crippen molar-refractivity contribution in [2.45, 2.75) is 11.7 Å². The van der Waals surface area contributed by atoms with E-state index >= 15 is 0 Å². The van der Waals surface area contributed by atoms with E-state index in [0.29, 0.717) is 0 Å². The molecule has 5 heteroatoms. The van der Waals surface area contributed by atoms with Gasteiger partial charge in [-0.3, -0.25) is 10.1 Å². The van der Waals surface area contributed by atoms with Crippen LogP contribution in [0.1, 0.15) is 6.42 Å². The maximum absolute atomic E-state index is 9.87. The van der Waals surface area contributed by atoms with E-state index in [-0.39, 0.29) is 5.25 Å². The molecule has 0 aliphatic rings. The van der Waals surface area contributed by atoms with E-state index in [9.17, 15) is 10.1 Å². The van der Waals surface area contributed by atoms with E-state index in [1.165, 1.54) is 18.1 Å². The molecule has 1 unspecified atom stereocenters. The van der Waals surface area contributed by atoms with E-state index < -0.39 is 4.92 Å². The molecule has 1 N–H and O–H groups in total. The van der Waals surface area contributed by atoms with Crippen molar-refractivity contribution in [2.24, 2.45) is 0 Å². The van der Waals surface area contributed by atoms with Gasteiger partial charge in [-0.2, -0.15) is 0 Å². The fourth-order valence-corrected chi connectivity index (χ4v) is 1.22. The predicted molar refractivity (Wildman–Crippen MR) is 55.7 cm³/mol. The first-order chi connectivity index (χ1) is 6.20. The minimum absolute atomic E-state index is 0.189. The van der Waals surface area contributed by atoms with E-state index in [1.807, 2.05) is 0 Å². The van der Waals surface area contributed by atoms with Crippen molar-refractivity contribution >= 4 is 11.9 Å². The average Bonchev–Trinajstić information content (AvgIpc) is 2.10. The van der Waals surface area contributed by atoms with Crippen molar-refractivity contribution in [3.8, 4) is 0 Å². The molecule has 0 radical (unpaired) electrons. The van der Waals surface area contributed by atoms with Gasteiger partial charge in [0.15, 0.2) is 0 Å². The minimum atomic E-state index is -0.524. The number of hydrogen-bond donors (Lipinski definition) is 1. The second-order valence-electron chi connectivity index (χ2n) is 2.14. The molecule has 0 bridgehead atoms. The highest BCUT2D eigenvalue weighted by Gasteiger charge is 1.99. The summed E-state index contributed by atoms with van der Waals surface area (Å²) in [6.07, 6.45) is 6.45. The number of nitro groups is 1. The molecule has 72 valence electrons. The molecule has 0 heterocycles. The molecule has 0 aliphatic carbocycles. The van der Waals surface area contributed by atoms with E-state index in [0.717, 1.165) is 12.6 Å². The van der Waals surface area contributed by atoms with Crippen molar-refractivity contribution < 1.29 is 4.92 Å². The Bertz CT molecular complexity index is 216. The van der Waals surface area contributed by atoms with Crippen LogP contribution in [0.3, 0.4) is 0 Å². The summed E-state index contributed by atoms with van der Waals surface area (Å²) in [7, 11) is 0.